The lowest BCUT2D eigenvalue weighted by Crippen LogP contribution is -2.41. The molecule has 0 aromatic heterocycles. The summed E-state index contributed by atoms with van der Waals surface area (Å²) in [6.45, 7) is 8.88. The first-order chi connectivity index (χ1) is 6.30. The van der Waals surface area contributed by atoms with E-state index in [1.165, 1.54) is 7.05 Å². The molecule has 0 bridgehead atoms. The molecule has 0 saturated heterocycles. The van der Waals surface area contributed by atoms with E-state index in [1.54, 1.807) is 0 Å². The van der Waals surface area contributed by atoms with Gasteiger partial charge in [0.05, 0.1) is 5.75 Å². The Morgan fingerprint density at radius 1 is 1.14 bits per heavy atom. The maximum atomic E-state index is 11.2. The fourth-order valence-electron chi connectivity index (χ4n) is 1.44. The Labute approximate surface area is 87.7 Å². The zero-order chi connectivity index (χ0) is 11.4. The maximum absolute atomic E-state index is 11.2. The van der Waals surface area contributed by atoms with Gasteiger partial charge in [0.2, 0.25) is 10.0 Å². The van der Waals surface area contributed by atoms with Gasteiger partial charge in [0, 0.05) is 18.6 Å². The van der Waals surface area contributed by atoms with Crippen molar-refractivity contribution in [3.8, 4) is 0 Å². The van der Waals surface area contributed by atoms with Crippen LogP contribution in [0.4, 0.5) is 0 Å². The molecule has 0 saturated carbocycles. The Hall–Kier alpha value is -0.130. The van der Waals surface area contributed by atoms with Gasteiger partial charge in [-0.05, 0) is 34.7 Å². The summed E-state index contributed by atoms with van der Waals surface area (Å²) in [5.74, 6) is 0.167. The van der Waals surface area contributed by atoms with Gasteiger partial charge in [0.15, 0.2) is 0 Å². The molecule has 0 radical (unpaired) electrons. The normalized spacial score (nSPS) is 13.1. The second-order valence-corrected chi connectivity index (χ2v) is 5.99. The largest absolute Gasteiger partial charge is 0.297 e. The number of sulfonamides is 1. The molecule has 0 unspecified atom stereocenters. The van der Waals surface area contributed by atoms with Gasteiger partial charge in [-0.3, -0.25) is 4.90 Å². The second kappa shape index (κ2) is 5.68. The van der Waals surface area contributed by atoms with Gasteiger partial charge < -0.3 is 0 Å². The second-order valence-electron chi connectivity index (χ2n) is 3.95. The smallest absolute Gasteiger partial charge is 0.212 e. The molecule has 0 atom stereocenters. The highest BCUT2D eigenvalue weighted by molar-refractivity contribution is 7.89. The molecule has 14 heavy (non-hydrogen) atoms. The molecule has 0 rings (SSSR count). The van der Waals surface area contributed by atoms with Crippen LogP contribution in [0.25, 0.3) is 0 Å². The standard InChI is InChI=1S/C9H22N2O2S/c1-8(2)11(9(3)4)6-7-14(12,13)10-5/h8-10H,6-7H2,1-5H3. The zero-order valence-electron chi connectivity index (χ0n) is 9.74. The van der Waals surface area contributed by atoms with E-state index in [0.29, 0.717) is 18.6 Å². The molecule has 0 amide bonds. The van der Waals surface area contributed by atoms with Crippen molar-refractivity contribution in [2.45, 2.75) is 39.8 Å². The highest BCUT2D eigenvalue weighted by atomic mass is 32.2. The fraction of sp³-hybridized carbons (Fsp3) is 1.00. The predicted octanol–water partition coefficient (Wildman–Crippen LogP) is 0.654. The molecule has 0 aliphatic rings. The van der Waals surface area contributed by atoms with Crippen molar-refractivity contribution in [2.24, 2.45) is 0 Å². The molecule has 0 aromatic carbocycles. The summed E-state index contributed by atoms with van der Waals surface area (Å²) in [7, 11) is -1.62. The van der Waals surface area contributed by atoms with E-state index < -0.39 is 10.0 Å². The van der Waals surface area contributed by atoms with Gasteiger partial charge >= 0.3 is 0 Å². The summed E-state index contributed by atoms with van der Waals surface area (Å²) in [6, 6.07) is 0.754. The first-order valence-electron chi connectivity index (χ1n) is 4.97. The van der Waals surface area contributed by atoms with Crippen LogP contribution in [0.15, 0.2) is 0 Å². The quantitative estimate of drug-likeness (QED) is 0.718. The van der Waals surface area contributed by atoms with Crippen LogP contribution >= 0.6 is 0 Å². The van der Waals surface area contributed by atoms with Crippen LogP contribution in [-0.4, -0.2) is 44.7 Å². The van der Waals surface area contributed by atoms with E-state index in [1.807, 2.05) is 0 Å². The Bertz CT molecular complexity index is 240. The zero-order valence-corrected chi connectivity index (χ0v) is 10.6. The minimum absolute atomic E-state index is 0.167. The van der Waals surface area contributed by atoms with E-state index >= 15 is 0 Å². The van der Waals surface area contributed by atoms with Crippen LogP contribution in [0.5, 0.6) is 0 Å². The van der Waals surface area contributed by atoms with Crippen LogP contribution in [0, 0.1) is 0 Å². The minimum atomic E-state index is -3.07. The number of hydrogen-bond donors (Lipinski definition) is 1. The van der Waals surface area contributed by atoms with Crippen molar-refractivity contribution in [2.75, 3.05) is 19.3 Å². The Morgan fingerprint density at radius 2 is 1.57 bits per heavy atom. The Balaban J connectivity index is 4.21. The summed E-state index contributed by atoms with van der Waals surface area (Å²) in [6.07, 6.45) is 0. The summed E-state index contributed by atoms with van der Waals surface area (Å²) >= 11 is 0. The van der Waals surface area contributed by atoms with Gasteiger partial charge in [-0.15, -0.1) is 0 Å². The van der Waals surface area contributed by atoms with Gasteiger partial charge in [0.25, 0.3) is 0 Å². The molecule has 0 fully saturated rings. The number of hydrogen-bond acceptors (Lipinski definition) is 3. The molecule has 4 nitrogen and oxygen atoms in total. The van der Waals surface area contributed by atoms with Crippen molar-refractivity contribution in [3.05, 3.63) is 0 Å². The van der Waals surface area contributed by atoms with E-state index in [4.69, 9.17) is 0 Å². The van der Waals surface area contributed by atoms with Crippen LogP contribution in [-0.2, 0) is 10.0 Å². The number of rotatable bonds is 6. The van der Waals surface area contributed by atoms with Crippen LogP contribution < -0.4 is 4.72 Å². The lowest BCUT2D eigenvalue weighted by atomic mass is 10.2. The average Bonchev–Trinajstić information content (AvgIpc) is 2.03. The monoisotopic (exact) mass is 222 g/mol. The highest BCUT2D eigenvalue weighted by Crippen LogP contribution is 2.04. The van der Waals surface area contributed by atoms with Crippen molar-refractivity contribution in [1.82, 2.24) is 9.62 Å². The van der Waals surface area contributed by atoms with Crippen LogP contribution in [0.2, 0.25) is 0 Å². The molecular formula is C9H22N2O2S. The minimum Gasteiger partial charge on any atom is -0.297 e. The van der Waals surface area contributed by atoms with Crippen LogP contribution in [0.1, 0.15) is 27.7 Å². The molecule has 5 heteroatoms. The van der Waals surface area contributed by atoms with Crippen molar-refractivity contribution >= 4 is 10.0 Å². The van der Waals surface area contributed by atoms with E-state index in [0.717, 1.165) is 0 Å². The SMILES string of the molecule is CNS(=O)(=O)CCN(C(C)C)C(C)C. The third kappa shape index (κ3) is 4.93. The van der Waals surface area contributed by atoms with Gasteiger partial charge in [-0.1, -0.05) is 0 Å². The van der Waals surface area contributed by atoms with E-state index in [9.17, 15) is 8.42 Å². The Kier molecular flexibility index (Phi) is 5.63. The van der Waals surface area contributed by atoms with Crippen LogP contribution in [0.3, 0.4) is 0 Å². The van der Waals surface area contributed by atoms with E-state index in [-0.39, 0.29) is 5.75 Å². The van der Waals surface area contributed by atoms with Crippen molar-refractivity contribution in [3.63, 3.8) is 0 Å². The average molecular weight is 222 g/mol. The summed E-state index contributed by atoms with van der Waals surface area (Å²) in [5.41, 5.74) is 0. The molecule has 0 aliphatic heterocycles. The Morgan fingerprint density at radius 3 is 1.86 bits per heavy atom. The molecule has 0 spiro atoms. The predicted molar refractivity (Wildman–Crippen MR) is 59.8 cm³/mol. The topological polar surface area (TPSA) is 49.4 Å². The number of nitrogens with zero attached hydrogens (tertiary/aromatic N) is 1. The van der Waals surface area contributed by atoms with Gasteiger partial charge in [0.1, 0.15) is 0 Å². The molecule has 0 heterocycles. The van der Waals surface area contributed by atoms with Crippen molar-refractivity contribution in [1.29, 1.82) is 0 Å². The first-order valence-corrected chi connectivity index (χ1v) is 6.62. The molecule has 0 aliphatic carbocycles. The lowest BCUT2D eigenvalue weighted by Gasteiger charge is -2.30. The molecular weight excluding hydrogens is 200 g/mol. The molecule has 1 N–H and O–H groups in total. The summed E-state index contributed by atoms with van der Waals surface area (Å²) < 4.78 is 24.7. The molecule has 0 aromatic rings. The van der Waals surface area contributed by atoms with E-state index in [2.05, 4.69) is 37.3 Å². The van der Waals surface area contributed by atoms with Crippen molar-refractivity contribution < 1.29 is 8.42 Å². The summed E-state index contributed by atoms with van der Waals surface area (Å²) in [5, 5.41) is 0. The van der Waals surface area contributed by atoms with Gasteiger partial charge in [-0.2, -0.15) is 0 Å². The highest BCUT2D eigenvalue weighted by Gasteiger charge is 2.16. The first kappa shape index (κ1) is 13.9. The number of nitrogens with one attached hydrogen (secondary N) is 1. The lowest BCUT2D eigenvalue weighted by molar-refractivity contribution is 0.186. The third-order valence-corrected chi connectivity index (χ3v) is 3.60. The molecule has 86 valence electrons. The summed E-state index contributed by atoms with van der Waals surface area (Å²) in [4.78, 5) is 2.16. The fourth-order valence-corrected chi connectivity index (χ4v) is 2.10. The maximum Gasteiger partial charge on any atom is 0.212 e. The van der Waals surface area contributed by atoms with Gasteiger partial charge in [-0.25, -0.2) is 13.1 Å². The third-order valence-electron chi connectivity index (χ3n) is 2.26.